The third kappa shape index (κ3) is 3.90. The molecular weight excluding hydrogens is 318 g/mol. The Morgan fingerprint density at radius 2 is 2.15 bits per heavy atom. The highest BCUT2D eigenvalue weighted by molar-refractivity contribution is 9.10. The molecule has 1 heterocycles. The molecule has 0 radical (unpaired) electrons. The molecule has 0 amide bonds. The van der Waals surface area contributed by atoms with E-state index in [1.54, 1.807) is 6.20 Å². The van der Waals surface area contributed by atoms with Crippen LogP contribution in [0.2, 0.25) is 0 Å². The summed E-state index contributed by atoms with van der Waals surface area (Å²) in [4.78, 5) is 4.41. The number of anilines is 3. The topological polar surface area (TPSA) is 62.7 Å². The molecule has 0 saturated carbocycles. The maximum Gasteiger partial charge on any atom is 0.244 e. The average molecular weight is 336 g/mol. The highest BCUT2D eigenvalue weighted by Crippen LogP contribution is 2.22. The van der Waals surface area contributed by atoms with Crippen molar-refractivity contribution in [3.8, 4) is 0 Å². The van der Waals surface area contributed by atoms with Gasteiger partial charge in [0, 0.05) is 16.2 Å². The fraction of sp³-hybridized carbons (Fsp3) is 0.357. The molecule has 0 aliphatic rings. The average Bonchev–Trinajstić information content (AvgIpc) is 2.42. The summed E-state index contributed by atoms with van der Waals surface area (Å²) in [6.45, 7) is 6.24. The zero-order valence-corrected chi connectivity index (χ0v) is 13.4. The van der Waals surface area contributed by atoms with Crippen molar-refractivity contribution in [1.82, 2.24) is 15.2 Å². The fourth-order valence-electron chi connectivity index (χ4n) is 1.65. The van der Waals surface area contributed by atoms with Crippen LogP contribution < -0.4 is 10.6 Å². The molecule has 5 nitrogen and oxygen atoms in total. The van der Waals surface area contributed by atoms with Crippen LogP contribution in [-0.4, -0.2) is 21.2 Å². The maximum atomic E-state index is 4.41. The van der Waals surface area contributed by atoms with Crippen molar-refractivity contribution in [3.05, 3.63) is 34.4 Å². The van der Waals surface area contributed by atoms with Crippen LogP contribution in [-0.2, 0) is 0 Å². The zero-order valence-electron chi connectivity index (χ0n) is 11.8. The summed E-state index contributed by atoms with van der Waals surface area (Å²) >= 11 is 3.45. The maximum absolute atomic E-state index is 4.41. The van der Waals surface area contributed by atoms with Crippen molar-refractivity contribution < 1.29 is 0 Å². The summed E-state index contributed by atoms with van der Waals surface area (Å²) in [5.74, 6) is 1.22. The van der Waals surface area contributed by atoms with Gasteiger partial charge in [0.2, 0.25) is 5.95 Å². The van der Waals surface area contributed by atoms with Crippen molar-refractivity contribution >= 4 is 33.4 Å². The standard InChI is InChI=1S/C14H18BrN5/c1-4-10(3)17-14-19-13(8-16-20-14)18-12-6-5-11(15)7-9(12)2/h5-8,10H,4H2,1-3H3,(H2,17,18,19,20). The summed E-state index contributed by atoms with van der Waals surface area (Å²) < 4.78 is 1.06. The number of aryl methyl sites for hydroxylation is 1. The van der Waals surface area contributed by atoms with E-state index < -0.39 is 0 Å². The van der Waals surface area contributed by atoms with Gasteiger partial charge in [-0.25, -0.2) is 0 Å². The lowest BCUT2D eigenvalue weighted by atomic mass is 10.2. The van der Waals surface area contributed by atoms with E-state index in [0.29, 0.717) is 17.8 Å². The van der Waals surface area contributed by atoms with Crippen LogP contribution in [0.5, 0.6) is 0 Å². The number of aromatic nitrogens is 3. The lowest BCUT2D eigenvalue weighted by Gasteiger charge is -2.12. The van der Waals surface area contributed by atoms with Gasteiger partial charge in [-0.15, -0.1) is 5.10 Å². The number of benzene rings is 1. The van der Waals surface area contributed by atoms with Crippen molar-refractivity contribution in [2.75, 3.05) is 10.6 Å². The quantitative estimate of drug-likeness (QED) is 0.867. The van der Waals surface area contributed by atoms with Gasteiger partial charge >= 0.3 is 0 Å². The van der Waals surface area contributed by atoms with Crippen LogP contribution in [0.15, 0.2) is 28.9 Å². The van der Waals surface area contributed by atoms with E-state index >= 15 is 0 Å². The van der Waals surface area contributed by atoms with Gasteiger partial charge in [-0.05, 0) is 44.0 Å². The van der Waals surface area contributed by atoms with Crippen LogP contribution in [0, 0.1) is 6.92 Å². The molecule has 0 aliphatic heterocycles. The second kappa shape index (κ2) is 6.65. The van der Waals surface area contributed by atoms with Gasteiger partial charge in [0.1, 0.15) is 0 Å². The van der Waals surface area contributed by atoms with Crippen molar-refractivity contribution in [3.63, 3.8) is 0 Å². The van der Waals surface area contributed by atoms with E-state index in [0.717, 1.165) is 22.1 Å². The SMILES string of the molecule is CCC(C)Nc1nncc(Nc2ccc(Br)cc2C)n1. The molecule has 1 aromatic heterocycles. The molecular formula is C14H18BrN5. The molecule has 106 valence electrons. The van der Waals surface area contributed by atoms with E-state index in [2.05, 4.69) is 61.7 Å². The van der Waals surface area contributed by atoms with Gasteiger partial charge < -0.3 is 10.6 Å². The largest absolute Gasteiger partial charge is 0.350 e. The fourth-order valence-corrected chi connectivity index (χ4v) is 2.13. The van der Waals surface area contributed by atoms with Gasteiger partial charge in [-0.3, -0.25) is 0 Å². The van der Waals surface area contributed by atoms with Gasteiger partial charge in [-0.1, -0.05) is 22.9 Å². The normalized spacial score (nSPS) is 12.0. The van der Waals surface area contributed by atoms with Crippen LogP contribution in [0.25, 0.3) is 0 Å². The highest BCUT2D eigenvalue weighted by atomic mass is 79.9. The number of rotatable bonds is 5. The van der Waals surface area contributed by atoms with Gasteiger partial charge in [0.05, 0.1) is 6.20 Å². The number of nitrogens with one attached hydrogen (secondary N) is 2. The predicted molar refractivity (Wildman–Crippen MR) is 85.4 cm³/mol. The third-order valence-electron chi connectivity index (χ3n) is 3.00. The Hall–Kier alpha value is -1.69. The van der Waals surface area contributed by atoms with Crippen LogP contribution in [0.1, 0.15) is 25.8 Å². The first-order valence-corrected chi connectivity index (χ1v) is 7.37. The first-order valence-electron chi connectivity index (χ1n) is 6.58. The lowest BCUT2D eigenvalue weighted by Crippen LogP contribution is -2.16. The van der Waals surface area contributed by atoms with E-state index in [4.69, 9.17) is 0 Å². The van der Waals surface area contributed by atoms with Crippen molar-refractivity contribution in [1.29, 1.82) is 0 Å². The van der Waals surface area contributed by atoms with E-state index in [-0.39, 0.29) is 0 Å². The van der Waals surface area contributed by atoms with Crippen molar-refractivity contribution in [2.45, 2.75) is 33.2 Å². The number of hydrogen-bond donors (Lipinski definition) is 2. The summed E-state index contributed by atoms with van der Waals surface area (Å²) in [6, 6.07) is 6.36. The monoisotopic (exact) mass is 335 g/mol. The van der Waals surface area contributed by atoms with E-state index in [1.807, 2.05) is 19.1 Å². The molecule has 20 heavy (non-hydrogen) atoms. The number of hydrogen-bond acceptors (Lipinski definition) is 5. The first-order chi connectivity index (χ1) is 9.58. The van der Waals surface area contributed by atoms with Gasteiger partial charge in [0.25, 0.3) is 0 Å². The Kier molecular flexibility index (Phi) is 4.89. The molecule has 1 atom stereocenters. The predicted octanol–water partition coefficient (Wildman–Crippen LogP) is 3.90. The smallest absolute Gasteiger partial charge is 0.244 e. The Bertz CT molecular complexity index is 588. The minimum atomic E-state index is 0.321. The number of nitrogens with zero attached hydrogens (tertiary/aromatic N) is 3. The summed E-state index contributed by atoms with van der Waals surface area (Å²) in [6.07, 6.45) is 2.62. The molecule has 1 unspecified atom stereocenters. The molecule has 0 fully saturated rings. The highest BCUT2D eigenvalue weighted by Gasteiger charge is 2.05. The molecule has 6 heteroatoms. The Morgan fingerprint density at radius 1 is 1.35 bits per heavy atom. The molecule has 2 aromatic rings. The van der Waals surface area contributed by atoms with E-state index in [9.17, 15) is 0 Å². The minimum Gasteiger partial charge on any atom is -0.350 e. The second-order valence-electron chi connectivity index (χ2n) is 4.70. The molecule has 0 bridgehead atoms. The molecule has 1 aromatic carbocycles. The minimum absolute atomic E-state index is 0.321. The first kappa shape index (κ1) is 14.7. The lowest BCUT2D eigenvalue weighted by molar-refractivity contribution is 0.746. The molecule has 0 spiro atoms. The second-order valence-corrected chi connectivity index (χ2v) is 5.62. The number of halogens is 1. The molecule has 2 N–H and O–H groups in total. The van der Waals surface area contributed by atoms with Crippen LogP contribution >= 0.6 is 15.9 Å². The molecule has 2 rings (SSSR count). The van der Waals surface area contributed by atoms with E-state index in [1.165, 1.54) is 0 Å². The third-order valence-corrected chi connectivity index (χ3v) is 3.49. The van der Waals surface area contributed by atoms with Gasteiger partial charge in [-0.2, -0.15) is 10.1 Å². The van der Waals surface area contributed by atoms with Crippen LogP contribution in [0.4, 0.5) is 17.5 Å². The summed E-state index contributed by atoms with van der Waals surface area (Å²) in [5.41, 5.74) is 2.14. The Morgan fingerprint density at radius 3 is 2.85 bits per heavy atom. The Balaban J connectivity index is 2.15. The summed E-state index contributed by atoms with van der Waals surface area (Å²) in [5, 5.41) is 14.4. The molecule has 0 aliphatic carbocycles. The molecule has 0 saturated heterocycles. The Labute approximate surface area is 127 Å². The van der Waals surface area contributed by atoms with Crippen molar-refractivity contribution in [2.24, 2.45) is 0 Å². The van der Waals surface area contributed by atoms with Gasteiger partial charge in [0.15, 0.2) is 5.82 Å². The summed E-state index contributed by atoms with van der Waals surface area (Å²) in [7, 11) is 0. The zero-order chi connectivity index (χ0) is 14.5. The van der Waals surface area contributed by atoms with Crippen LogP contribution in [0.3, 0.4) is 0 Å².